The molecule has 0 saturated carbocycles. The van der Waals surface area contributed by atoms with Crippen molar-refractivity contribution in [2.24, 2.45) is 5.92 Å². The summed E-state index contributed by atoms with van der Waals surface area (Å²) in [5, 5.41) is 0. The third-order valence-electron chi connectivity index (χ3n) is 2.68. The molecule has 1 saturated heterocycles. The van der Waals surface area contributed by atoms with E-state index in [-0.39, 0.29) is 12.5 Å². The minimum absolute atomic E-state index is 0.0463. The van der Waals surface area contributed by atoms with Crippen molar-refractivity contribution in [2.45, 2.75) is 39.0 Å². The summed E-state index contributed by atoms with van der Waals surface area (Å²) in [6.45, 7) is 4.70. The van der Waals surface area contributed by atoms with Gasteiger partial charge in [0.15, 0.2) is 5.67 Å². The Balaban J connectivity index is 2.62. The smallest absolute Gasteiger partial charge is 0.259 e. The lowest BCUT2D eigenvalue weighted by atomic mass is 10.1. The predicted molar refractivity (Wildman–Crippen MR) is 50.4 cm³/mol. The molecule has 0 aromatic heterocycles. The van der Waals surface area contributed by atoms with Gasteiger partial charge in [-0.15, -0.1) is 0 Å². The van der Waals surface area contributed by atoms with Gasteiger partial charge in [0.1, 0.15) is 6.17 Å². The van der Waals surface area contributed by atoms with Gasteiger partial charge in [-0.1, -0.05) is 6.92 Å². The second-order valence-corrected chi connectivity index (χ2v) is 4.37. The van der Waals surface area contributed by atoms with Crippen LogP contribution in [0.4, 0.5) is 8.78 Å². The second kappa shape index (κ2) is 3.83. The van der Waals surface area contributed by atoms with Crippen LogP contribution in [0.1, 0.15) is 27.2 Å². The largest absolute Gasteiger partial charge is 0.337 e. The molecule has 0 spiro atoms. The average Bonchev–Trinajstić information content (AvgIpc) is 2.43. The topological polar surface area (TPSA) is 20.3 Å². The van der Waals surface area contributed by atoms with E-state index < -0.39 is 17.7 Å². The molecule has 1 fully saturated rings. The van der Waals surface area contributed by atoms with Crippen molar-refractivity contribution in [3.63, 3.8) is 0 Å². The molecule has 1 aliphatic rings. The number of likely N-dealkylation sites (tertiary alicyclic amines) is 1. The van der Waals surface area contributed by atoms with Crippen LogP contribution < -0.4 is 0 Å². The second-order valence-electron chi connectivity index (χ2n) is 4.37. The quantitative estimate of drug-likeness (QED) is 0.674. The van der Waals surface area contributed by atoms with Crippen molar-refractivity contribution in [2.75, 3.05) is 13.1 Å². The Kier molecular flexibility index (Phi) is 3.12. The molecule has 0 aromatic rings. The highest BCUT2D eigenvalue weighted by molar-refractivity contribution is 5.84. The van der Waals surface area contributed by atoms with Gasteiger partial charge in [-0.2, -0.15) is 0 Å². The zero-order chi connectivity index (χ0) is 10.9. The van der Waals surface area contributed by atoms with E-state index in [0.29, 0.717) is 13.0 Å². The van der Waals surface area contributed by atoms with E-state index in [4.69, 9.17) is 0 Å². The Morgan fingerprint density at radius 1 is 1.50 bits per heavy atom. The fourth-order valence-corrected chi connectivity index (χ4v) is 1.76. The van der Waals surface area contributed by atoms with E-state index in [1.807, 2.05) is 6.92 Å². The van der Waals surface area contributed by atoms with Gasteiger partial charge in [0, 0.05) is 12.5 Å². The van der Waals surface area contributed by atoms with Crippen LogP contribution >= 0.6 is 0 Å². The lowest BCUT2D eigenvalue weighted by Crippen LogP contribution is -2.41. The number of amides is 1. The Bertz CT molecular complexity index is 225. The lowest BCUT2D eigenvalue weighted by Gasteiger charge is -2.22. The molecule has 1 amide bonds. The van der Waals surface area contributed by atoms with E-state index >= 15 is 0 Å². The first-order valence-electron chi connectivity index (χ1n) is 4.98. The number of nitrogens with zero attached hydrogens (tertiary/aromatic N) is 1. The molecule has 2 unspecified atom stereocenters. The fourth-order valence-electron chi connectivity index (χ4n) is 1.76. The van der Waals surface area contributed by atoms with Crippen molar-refractivity contribution >= 4 is 5.91 Å². The van der Waals surface area contributed by atoms with E-state index in [2.05, 4.69) is 0 Å². The maximum atomic E-state index is 13.3. The molecule has 0 bridgehead atoms. The van der Waals surface area contributed by atoms with E-state index in [1.165, 1.54) is 18.7 Å². The normalized spacial score (nSPS) is 28.2. The minimum atomic E-state index is -1.89. The number of alkyl halides is 2. The van der Waals surface area contributed by atoms with Gasteiger partial charge in [0.05, 0.1) is 6.54 Å². The van der Waals surface area contributed by atoms with Gasteiger partial charge in [-0.05, 0) is 20.3 Å². The van der Waals surface area contributed by atoms with Gasteiger partial charge in [-0.3, -0.25) is 4.79 Å². The number of rotatable bonds is 2. The van der Waals surface area contributed by atoms with Gasteiger partial charge < -0.3 is 4.90 Å². The SMILES string of the molecule is CCC1CN(C(=O)C(C)(C)F)CC1F. The highest BCUT2D eigenvalue weighted by atomic mass is 19.1. The molecule has 4 heteroatoms. The molecule has 0 aliphatic carbocycles. The molecule has 0 N–H and O–H groups in total. The van der Waals surface area contributed by atoms with Gasteiger partial charge in [0.2, 0.25) is 0 Å². The Labute approximate surface area is 83.3 Å². The number of carbonyl (C=O) groups excluding carboxylic acids is 1. The highest BCUT2D eigenvalue weighted by Crippen LogP contribution is 2.25. The molecular weight excluding hydrogens is 188 g/mol. The van der Waals surface area contributed by atoms with E-state index in [0.717, 1.165) is 0 Å². The first kappa shape index (κ1) is 11.4. The van der Waals surface area contributed by atoms with Crippen LogP contribution in [0.2, 0.25) is 0 Å². The summed E-state index contributed by atoms with van der Waals surface area (Å²) in [7, 11) is 0. The standard InChI is InChI=1S/C10H17F2NO/c1-4-7-5-13(6-8(7)11)9(14)10(2,3)12/h7-8H,4-6H2,1-3H3. The van der Waals surface area contributed by atoms with Crippen molar-refractivity contribution in [3.05, 3.63) is 0 Å². The Morgan fingerprint density at radius 2 is 2.07 bits per heavy atom. The maximum Gasteiger partial charge on any atom is 0.259 e. The molecule has 2 nitrogen and oxygen atoms in total. The summed E-state index contributed by atoms with van der Waals surface area (Å²) < 4.78 is 26.5. The first-order chi connectivity index (χ1) is 6.36. The van der Waals surface area contributed by atoms with Crippen molar-refractivity contribution < 1.29 is 13.6 Å². The van der Waals surface area contributed by atoms with Crippen LogP contribution in [0.5, 0.6) is 0 Å². The van der Waals surface area contributed by atoms with Crippen molar-refractivity contribution in [1.29, 1.82) is 0 Å². The van der Waals surface area contributed by atoms with Gasteiger partial charge in [0.25, 0.3) is 5.91 Å². The van der Waals surface area contributed by atoms with E-state index in [9.17, 15) is 13.6 Å². The summed E-state index contributed by atoms with van der Waals surface area (Å²) in [5.74, 6) is -0.725. The molecule has 1 aliphatic heterocycles. The zero-order valence-corrected chi connectivity index (χ0v) is 8.89. The average molecular weight is 205 g/mol. The lowest BCUT2D eigenvalue weighted by molar-refractivity contribution is -0.141. The number of carbonyl (C=O) groups is 1. The monoisotopic (exact) mass is 205 g/mol. The molecule has 14 heavy (non-hydrogen) atoms. The van der Waals surface area contributed by atoms with Crippen LogP contribution in [-0.4, -0.2) is 35.7 Å². The highest BCUT2D eigenvalue weighted by Gasteiger charge is 2.39. The molecule has 1 heterocycles. The third kappa shape index (κ3) is 2.22. The van der Waals surface area contributed by atoms with Crippen LogP contribution in [-0.2, 0) is 4.79 Å². The molecular formula is C10H17F2NO. The Morgan fingerprint density at radius 3 is 2.43 bits per heavy atom. The summed E-state index contributed by atoms with van der Waals surface area (Å²) in [6.07, 6.45) is -0.302. The van der Waals surface area contributed by atoms with Crippen LogP contribution in [0.3, 0.4) is 0 Å². The van der Waals surface area contributed by atoms with Crippen LogP contribution in [0, 0.1) is 5.92 Å². The molecule has 82 valence electrons. The van der Waals surface area contributed by atoms with Gasteiger partial charge in [-0.25, -0.2) is 8.78 Å². The first-order valence-corrected chi connectivity index (χ1v) is 4.98. The number of halogens is 2. The molecule has 2 atom stereocenters. The molecule has 0 radical (unpaired) electrons. The van der Waals surface area contributed by atoms with Gasteiger partial charge >= 0.3 is 0 Å². The zero-order valence-electron chi connectivity index (χ0n) is 8.89. The van der Waals surface area contributed by atoms with Crippen molar-refractivity contribution in [3.8, 4) is 0 Å². The summed E-state index contributed by atoms with van der Waals surface area (Å²) in [6, 6.07) is 0. The third-order valence-corrected chi connectivity index (χ3v) is 2.68. The molecule has 1 rings (SSSR count). The molecule has 0 aromatic carbocycles. The predicted octanol–water partition coefficient (Wildman–Crippen LogP) is 1.94. The summed E-state index contributed by atoms with van der Waals surface area (Å²) >= 11 is 0. The number of hydrogen-bond acceptors (Lipinski definition) is 1. The maximum absolute atomic E-state index is 13.3. The number of hydrogen-bond donors (Lipinski definition) is 0. The van der Waals surface area contributed by atoms with Crippen molar-refractivity contribution in [1.82, 2.24) is 4.90 Å². The van der Waals surface area contributed by atoms with E-state index in [1.54, 1.807) is 0 Å². The minimum Gasteiger partial charge on any atom is -0.337 e. The summed E-state index contributed by atoms with van der Waals surface area (Å²) in [5.41, 5.74) is -1.89. The van der Waals surface area contributed by atoms with Crippen LogP contribution in [0.25, 0.3) is 0 Å². The van der Waals surface area contributed by atoms with Crippen LogP contribution in [0.15, 0.2) is 0 Å². The fraction of sp³-hybridized carbons (Fsp3) is 0.900. The summed E-state index contributed by atoms with van der Waals surface area (Å²) in [4.78, 5) is 12.7. The Hall–Kier alpha value is -0.670.